The van der Waals surface area contributed by atoms with Crippen LogP contribution in [-0.4, -0.2) is 21.9 Å². The third kappa shape index (κ3) is 1.48. The second-order valence-electron chi connectivity index (χ2n) is 4.40. The van der Waals surface area contributed by atoms with Crippen LogP contribution in [0.25, 0.3) is 0 Å². The molecule has 2 heterocycles. The van der Waals surface area contributed by atoms with Crippen molar-refractivity contribution in [3.05, 3.63) is 5.69 Å². The molecule has 0 radical (unpaired) electrons. The SMILES string of the molecule is CCC1(CC)CNc2c(C)nn(C)c2N1. The Labute approximate surface area is 91.1 Å². The Morgan fingerprint density at radius 2 is 2.07 bits per heavy atom. The third-order valence-corrected chi connectivity index (χ3v) is 3.56. The van der Waals surface area contributed by atoms with Crippen molar-refractivity contribution < 1.29 is 0 Å². The van der Waals surface area contributed by atoms with Crippen LogP contribution in [0.5, 0.6) is 0 Å². The van der Waals surface area contributed by atoms with Crippen molar-refractivity contribution in [1.29, 1.82) is 0 Å². The number of nitrogens with one attached hydrogen (secondary N) is 2. The lowest BCUT2D eigenvalue weighted by Gasteiger charge is -2.38. The fourth-order valence-corrected chi connectivity index (χ4v) is 2.24. The smallest absolute Gasteiger partial charge is 0.148 e. The van der Waals surface area contributed by atoms with E-state index in [0.29, 0.717) is 0 Å². The Kier molecular flexibility index (Phi) is 2.37. The van der Waals surface area contributed by atoms with E-state index in [9.17, 15) is 0 Å². The largest absolute Gasteiger partial charge is 0.378 e. The van der Waals surface area contributed by atoms with Gasteiger partial charge in [0, 0.05) is 13.6 Å². The number of aromatic nitrogens is 2. The number of aryl methyl sites for hydroxylation is 2. The average molecular weight is 208 g/mol. The van der Waals surface area contributed by atoms with Crippen molar-refractivity contribution in [1.82, 2.24) is 9.78 Å². The van der Waals surface area contributed by atoms with Crippen LogP contribution in [0.4, 0.5) is 11.5 Å². The van der Waals surface area contributed by atoms with E-state index in [1.807, 2.05) is 18.7 Å². The van der Waals surface area contributed by atoms with Gasteiger partial charge in [0.25, 0.3) is 0 Å². The molecule has 1 aromatic rings. The highest BCUT2D eigenvalue weighted by Gasteiger charge is 2.33. The molecule has 0 fully saturated rings. The van der Waals surface area contributed by atoms with Gasteiger partial charge < -0.3 is 10.6 Å². The number of nitrogens with zero attached hydrogens (tertiary/aromatic N) is 2. The predicted molar refractivity (Wildman–Crippen MR) is 63.4 cm³/mol. The lowest BCUT2D eigenvalue weighted by Crippen LogP contribution is -2.47. The molecule has 1 aliphatic heterocycles. The third-order valence-electron chi connectivity index (χ3n) is 3.56. The topological polar surface area (TPSA) is 41.9 Å². The van der Waals surface area contributed by atoms with Gasteiger partial charge in [-0.2, -0.15) is 5.10 Å². The van der Waals surface area contributed by atoms with Gasteiger partial charge in [0.15, 0.2) is 0 Å². The lowest BCUT2D eigenvalue weighted by atomic mass is 9.91. The van der Waals surface area contributed by atoms with Gasteiger partial charge in [-0.1, -0.05) is 13.8 Å². The zero-order valence-corrected chi connectivity index (χ0v) is 10.0. The maximum Gasteiger partial charge on any atom is 0.148 e. The summed E-state index contributed by atoms with van der Waals surface area (Å²) in [6, 6.07) is 0. The Hall–Kier alpha value is -1.19. The van der Waals surface area contributed by atoms with Gasteiger partial charge in [0.05, 0.1) is 11.2 Å². The Bertz CT molecular complexity index is 363. The molecule has 0 saturated heterocycles. The van der Waals surface area contributed by atoms with Gasteiger partial charge in [-0.25, -0.2) is 0 Å². The van der Waals surface area contributed by atoms with E-state index in [1.54, 1.807) is 0 Å². The first-order valence-electron chi connectivity index (χ1n) is 5.67. The minimum atomic E-state index is 0.188. The summed E-state index contributed by atoms with van der Waals surface area (Å²) in [5.41, 5.74) is 2.42. The number of fused-ring (bicyclic) bond motifs is 1. The zero-order valence-electron chi connectivity index (χ0n) is 10.0. The van der Waals surface area contributed by atoms with Gasteiger partial charge >= 0.3 is 0 Å². The summed E-state index contributed by atoms with van der Waals surface area (Å²) in [6.07, 6.45) is 2.25. The maximum absolute atomic E-state index is 4.42. The van der Waals surface area contributed by atoms with E-state index < -0.39 is 0 Å². The number of rotatable bonds is 2. The molecule has 0 saturated carbocycles. The van der Waals surface area contributed by atoms with Crippen molar-refractivity contribution in [2.24, 2.45) is 7.05 Å². The summed E-state index contributed by atoms with van der Waals surface area (Å²) in [6.45, 7) is 7.48. The molecule has 0 aromatic carbocycles. The molecule has 84 valence electrons. The van der Waals surface area contributed by atoms with Gasteiger partial charge in [0.1, 0.15) is 11.5 Å². The van der Waals surface area contributed by atoms with Crippen molar-refractivity contribution in [3.63, 3.8) is 0 Å². The molecule has 1 aliphatic rings. The van der Waals surface area contributed by atoms with Crippen LogP contribution in [-0.2, 0) is 7.05 Å². The predicted octanol–water partition coefficient (Wildman–Crippen LogP) is 2.12. The minimum absolute atomic E-state index is 0.188. The van der Waals surface area contributed by atoms with Crippen molar-refractivity contribution in [2.75, 3.05) is 17.2 Å². The summed E-state index contributed by atoms with van der Waals surface area (Å²) >= 11 is 0. The van der Waals surface area contributed by atoms with Crippen LogP contribution in [0.2, 0.25) is 0 Å². The van der Waals surface area contributed by atoms with Gasteiger partial charge in [-0.15, -0.1) is 0 Å². The molecule has 0 bridgehead atoms. The quantitative estimate of drug-likeness (QED) is 0.782. The molecule has 0 atom stereocenters. The molecule has 4 heteroatoms. The molecule has 2 N–H and O–H groups in total. The second kappa shape index (κ2) is 3.43. The standard InChI is InChI=1S/C11H20N4/c1-5-11(6-2)7-12-9-8(3)14-15(4)10(9)13-11/h12-13H,5-7H2,1-4H3. The lowest BCUT2D eigenvalue weighted by molar-refractivity contribution is 0.446. The van der Waals surface area contributed by atoms with E-state index in [4.69, 9.17) is 0 Å². The summed E-state index contributed by atoms with van der Waals surface area (Å²) in [4.78, 5) is 0. The van der Waals surface area contributed by atoms with E-state index in [0.717, 1.165) is 36.6 Å². The van der Waals surface area contributed by atoms with Crippen LogP contribution in [0, 0.1) is 6.92 Å². The fraction of sp³-hybridized carbons (Fsp3) is 0.727. The van der Waals surface area contributed by atoms with Crippen LogP contribution in [0.1, 0.15) is 32.4 Å². The second-order valence-corrected chi connectivity index (χ2v) is 4.40. The summed E-state index contributed by atoms with van der Waals surface area (Å²) in [5, 5.41) is 11.6. The van der Waals surface area contributed by atoms with E-state index in [-0.39, 0.29) is 5.54 Å². The molecule has 0 unspecified atom stereocenters. The number of hydrogen-bond donors (Lipinski definition) is 2. The van der Waals surface area contributed by atoms with Crippen LogP contribution < -0.4 is 10.6 Å². The molecule has 0 amide bonds. The zero-order chi connectivity index (χ0) is 11.1. The van der Waals surface area contributed by atoms with Gasteiger partial charge in [-0.3, -0.25) is 4.68 Å². The molecule has 0 spiro atoms. The summed E-state index contributed by atoms with van der Waals surface area (Å²) in [7, 11) is 1.99. The minimum Gasteiger partial charge on any atom is -0.378 e. The summed E-state index contributed by atoms with van der Waals surface area (Å²) < 4.78 is 1.93. The molecule has 4 nitrogen and oxygen atoms in total. The molecule has 0 aliphatic carbocycles. The molecule has 2 rings (SSSR count). The first-order chi connectivity index (χ1) is 7.12. The first kappa shape index (κ1) is 10.3. The van der Waals surface area contributed by atoms with Crippen LogP contribution in [0.15, 0.2) is 0 Å². The van der Waals surface area contributed by atoms with Gasteiger partial charge in [0.2, 0.25) is 0 Å². The van der Waals surface area contributed by atoms with Crippen molar-refractivity contribution >= 4 is 11.5 Å². The highest BCUT2D eigenvalue weighted by atomic mass is 15.4. The van der Waals surface area contributed by atoms with Crippen LogP contribution >= 0.6 is 0 Å². The van der Waals surface area contributed by atoms with Gasteiger partial charge in [-0.05, 0) is 19.8 Å². The Morgan fingerprint density at radius 3 is 2.67 bits per heavy atom. The maximum atomic E-state index is 4.42. The van der Waals surface area contributed by atoms with Crippen molar-refractivity contribution in [3.8, 4) is 0 Å². The molecule has 15 heavy (non-hydrogen) atoms. The van der Waals surface area contributed by atoms with E-state index >= 15 is 0 Å². The van der Waals surface area contributed by atoms with E-state index in [2.05, 4.69) is 29.6 Å². The van der Waals surface area contributed by atoms with Crippen molar-refractivity contribution in [2.45, 2.75) is 39.2 Å². The molecular formula is C11H20N4. The average Bonchev–Trinajstić information content (AvgIpc) is 2.54. The highest BCUT2D eigenvalue weighted by molar-refractivity contribution is 5.71. The first-order valence-corrected chi connectivity index (χ1v) is 5.67. The van der Waals surface area contributed by atoms with Crippen LogP contribution in [0.3, 0.4) is 0 Å². The monoisotopic (exact) mass is 208 g/mol. The summed E-state index contributed by atoms with van der Waals surface area (Å²) in [5.74, 6) is 1.13. The molecular weight excluding hydrogens is 188 g/mol. The Balaban J connectivity index is 2.37. The highest BCUT2D eigenvalue weighted by Crippen LogP contribution is 2.34. The number of anilines is 2. The Morgan fingerprint density at radius 1 is 1.40 bits per heavy atom. The van der Waals surface area contributed by atoms with E-state index in [1.165, 1.54) is 0 Å². The fourth-order valence-electron chi connectivity index (χ4n) is 2.24. The normalized spacial score (nSPS) is 17.9. The molecule has 1 aromatic heterocycles. The number of hydrogen-bond acceptors (Lipinski definition) is 3.